The third-order valence-electron chi connectivity index (χ3n) is 5.14. The third-order valence-corrected chi connectivity index (χ3v) is 5.14. The van der Waals surface area contributed by atoms with Gasteiger partial charge in [-0.05, 0) is 43.2 Å². The van der Waals surface area contributed by atoms with Crippen LogP contribution in [-0.2, 0) is 9.63 Å². The van der Waals surface area contributed by atoms with Crippen LogP contribution in [0.25, 0.3) is 0 Å². The summed E-state index contributed by atoms with van der Waals surface area (Å²) in [7, 11) is 0. The van der Waals surface area contributed by atoms with Crippen molar-refractivity contribution in [1.82, 2.24) is 10.6 Å². The Morgan fingerprint density at radius 1 is 1.23 bits per heavy atom. The van der Waals surface area contributed by atoms with Crippen molar-refractivity contribution in [1.29, 1.82) is 0 Å². The highest BCUT2D eigenvalue weighted by atomic mass is 16.9. The molecule has 0 saturated heterocycles. The standard InChI is InChI=1S/C21H33N3O6/c25-18(15-22-12-13-23-21(26)11-5-6-14-30-24(27)28)16-29-20-10-4-3-9-19(20)17-7-1-2-8-17/h3-4,9-10,17-18,22,25H,1-2,5-8,11-16H2,(H,23,26). The van der Waals surface area contributed by atoms with E-state index in [0.29, 0.717) is 44.8 Å². The Balaban J connectivity index is 1.52. The number of para-hydroxylation sites is 1. The van der Waals surface area contributed by atoms with E-state index in [1.54, 1.807) is 0 Å². The normalized spacial score (nSPS) is 15.0. The number of ether oxygens (including phenoxy) is 1. The first-order valence-corrected chi connectivity index (χ1v) is 10.7. The molecule has 2 rings (SSSR count). The predicted octanol–water partition coefficient (Wildman–Crippen LogP) is 2.17. The van der Waals surface area contributed by atoms with Gasteiger partial charge in [-0.15, -0.1) is 10.1 Å². The number of nitrogens with one attached hydrogen (secondary N) is 2. The second kappa shape index (κ2) is 13.8. The van der Waals surface area contributed by atoms with Crippen molar-refractivity contribution in [3.05, 3.63) is 39.9 Å². The first kappa shape index (κ1) is 23.9. The van der Waals surface area contributed by atoms with E-state index in [1.807, 2.05) is 18.2 Å². The van der Waals surface area contributed by atoms with Gasteiger partial charge in [-0.3, -0.25) is 4.79 Å². The molecule has 168 valence electrons. The third kappa shape index (κ3) is 9.41. The minimum absolute atomic E-state index is 0.00687. The number of aliphatic hydroxyl groups excluding tert-OH is 1. The van der Waals surface area contributed by atoms with Gasteiger partial charge in [0.2, 0.25) is 5.91 Å². The molecule has 0 spiro atoms. The van der Waals surface area contributed by atoms with E-state index in [0.717, 1.165) is 5.75 Å². The molecule has 9 heteroatoms. The van der Waals surface area contributed by atoms with E-state index in [1.165, 1.54) is 31.2 Å². The maximum Gasteiger partial charge on any atom is 0.294 e. The van der Waals surface area contributed by atoms with E-state index in [9.17, 15) is 20.0 Å². The van der Waals surface area contributed by atoms with Crippen molar-refractivity contribution in [2.24, 2.45) is 0 Å². The fourth-order valence-corrected chi connectivity index (χ4v) is 3.61. The van der Waals surface area contributed by atoms with Gasteiger partial charge in [0.1, 0.15) is 18.5 Å². The van der Waals surface area contributed by atoms with Gasteiger partial charge in [-0.2, -0.15) is 0 Å². The van der Waals surface area contributed by atoms with Crippen molar-refractivity contribution in [2.75, 3.05) is 32.8 Å². The molecule has 0 bridgehead atoms. The molecule has 1 aliphatic rings. The van der Waals surface area contributed by atoms with Crippen molar-refractivity contribution >= 4 is 5.91 Å². The smallest absolute Gasteiger partial charge is 0.294 e. The van der Waals surface area contributed by atoms with E-state index < -0.39 is 11.2 Å². The van der Waals surface area contributed by atoms with Crippen LogP contribution < -0.4 is 15.4 Å². The van der Waals surface area contributed by atoms with Gasteiger partial charge in [0.25, 0.3) is 5.09 Å². The Morgan fingerprint density at radius 3 is 2.77 bits per heavy atom. The van der Waals surface area contributed by atoms with Gasteiger partial charge in [0.15, 0.2) is 0 Å². The monoisotopic (exact) mass is 423 g/mol. The van der Waals surface area contributed by atoms with Gasteiger partial charge in [-0.1, -0.05) is 31.0 Å². The summed E-state index contributed by atoms with van der Waals surface area (Å²) in [6.45, 7) is 1.58. The van der Waals surface area contributed by atoms with Crippen LogP contribution in [-0.4, -0.2) is 55.1 Å². The fraction of sp³-hybridized carbons (Fsp3) is 0.667. The number of unbranched alkanes of at least 4 members (excludes halogenated alkanes) is 1. The highest BCUT2D eigenvalue weighted by Crippen LogP contribution is 2.38. The Bertz CT molecular complexity index is 651. The molecule has 1 aromatic carbocycles. The highest BCUT2D eigenvalue weighted by molar-refractivity contribution is 5.75. The maximum absolute atomic E-state index is 11.7. The molecule has 0 radical (unpaired) electrons. The van der Waals surface area contributed by atoms with Gasteiger partial charge < -0.3 is 25.3 Å². The lowest BCUT2D eigenvalue weighted by molar-refractivity contribution is -0.757. The minimum Gasteiger partial charge on any atom is -0.491 e. The maximum atomic E-state index is 11.7. The van der Waals surface area contributed by atoms with Crippen LogP contribution in [0.4, 0.5) is 0 Å². The summed E-state index contributed by atoms with van der Waals surface area (Å²) >= 11 is 0. The number of benzene rings is 1. The Morgan fingerprint density at radius 2 is 2.00 bits per heavy atom. The van der Waals surface area contributed by atoms with Gasteiger partial charge in [0.05, 0.1) is 6.61 Å². The van der Waals surface area contributed by atoms with Crippen LogP contribution >= 0.6 is 0 Å². The Hall–Kier alpha value is -2.39. The van der Waals surface area contributed by atoms with E-state index in [-0.39, 0.29) is 19.1 Å². The van der Waals surface area contributed by atoms with Crippen LogP contribution in [0.15, 0.2) is 24.3 Å². The van der Waals surface area contributed by atoms with Crippen LogP contribution in [0.2, 0.25) is 0 Å². The van der Waals surface area contributed by atoms with E-state index in [2.05, 4.69) is 21.5 Å². The molecular weight excluding hydrogens is 390 g/mol. The van der Waals surface area contributed by atoms with Crippen molar-refractivity contribution in [3.8, 4) is 5.75 Å². The summed E-state index contributed by atoms with van der Waals surface area (Å²) in [5, 5.41) is 25.2. The van der Waals surface area contributed by atoms with Crippen LogP contribution in [0.1, 0.15) is 56.4 Å². The van der Waals surface area contributed by atoms with E-state index in [4.69, 9.17) is 4.74 Å². The zero-order valence-corrected chi connectivity index (χ0v) is 17.4. The summed E-state index contributed by atoms with van der Waals surface area (Å²) < 4.78 is 5.87. The predicted molar refractivity (Wildman–Crippen MR) is 112 cm³/mol. The molecule has 1 fully saturated rings. The quantitative estimate of drug-likeness (QED) is 0.224. The molecule has 1 aliphatic carbocycles. The van der Waals surface area contributed by atoms with Crippen LogP contribution in [0, 0.1) is 10.1 Å². The second-order valence-corrected chi connectivity index (χ2v) is 7.55. The number of hydrogen-bond acceptors (Lipinski definition) is 7. The van der Waals surface area contributed by atoms with Crippen LogP contribution in [0.3, 0.4) is 0 Å². The number of carbonyl (C=O) groups is 1. The number of rotatable bonds is 15. The van der Waals surface area contributed by atoms with Gasteiger partial charge >= 0.3 is 0 Å². The molecule has 3 N–H and O–H groups in total. The molecule has 1 atom stereocenters. The molecule has 1 amide bonds. The summed E-state index contributed by atoms with van der Waals surface area (Å²) in [5.41, 5.74) is 1.24. The zero-order chi connectivity index (χ0) is 21.6. The first-order chi connectivity index (χ1) is 14.6. The number of hydrogen-bond donors (Lipinski definition) is 3. The SMILES string of the molecule is O=C(CCCCO[N+](=O)[O-])NCCNCC(O)COc1ccccc1C1CCCC1. The first-order valence-electron chi connectivity index (χ1n) is 10.7. The van der Waals surface area contributed by atoms with Crippen molar-refractivity contribution < 1.29 is 24.6 Å². The lowest BCUT2D eigenvalue weighted by Crippen LogP contribution is -2.37. The summed E-state index contributed by atoms with van der Waals surface area (Å²) in [6, 6.07) is 8.07. The van der Waals surface area contributed by atoms with Crippen molar-refractivity contribution in [2.45, 2.75) is 57.0 Å². The average molecular weight is 424 g/mol. The molecule has 0 aliphatic heterocycles. The fourth-order valence-electron chi connectivity index (χ4n) is 3.61. The largest absolute Gasteiger partial charge is 0.491 e. The number of aliphatic hydroxyl groups is 1. The molecule has 9 nitrogen and oxygen atoms in total. The Labute approximate surface area is 177 Å². The highest BCUT2D eigenvalue weighted by Gasteiger charge is 2.20. The molecular formula is C21H33N3O6. The summed E-state index contributed by atoms with van der Waals surface area (Å²) in [4.78, 5) is 25.8. The lowest BCUT2D eigenvalue weighted by atomic mass is 9.97. The average Bonchev–Trinajstić information content (AvgIpc) is 3.26. The minimum atomic E-state index is -0.834. The lowest BCUT2D eigenvalue weighted by Gasteiger charge is -2.18. The number of nitrogens with zero attached hydrogens (tertiary/aromatic N) is 1. The molecule has 1 unspecified atom stereocenters. The number of carbonyl (C=O) groups excluding carboxylic acids is 1. The Kier molecular flexibility index (Phi) is 11.0. The molecule has 1 aromatic rings. The van der Waals surface area contributed by atoms with Gasteiger partial charge in [-0.25, -0.2) is 0 Å². The molecule has 1 saturated carbocycles. The zero-order valence-electron chi connectivity index (χ0n) is 17.4. The van der Waals surface area contributed by atoms with Crippen molar-refractivity contribution in [3.63, 3.8) is 0 Å². The summed E-state index contributed by atoms with van der Waals surface area (Å²) in [6.07, 6.45) is 5.58. The van der Waals surface area contributed by atoms with Crippen LogP contribution in [0.5, 0.6) is 5.75 Å². The second-order valence-electron chi connectivity index (χ2n) is 7.55. The van der Waals surface area contributed by atoms with E-state index >= 15 is 0 Å². The molecule has 0 aromatic heterocycles. The topological polar surface area (TPSA) is 123 Å². The number of amides is 1. The summed E-state index contributed by atoms with van der Waals surface area (Å²) in [5.74, 6) is 1.31. The van der Waals surface area contributed by atoms with Gasteiger partial charge in [0, 0.05) is 26.1 Å². The molecule has 0 heterocycles. The molecule has 30 heavy (non-hydrogen) atoms.